The number of aryl methyl sites for hydroxylation is 1. The lowest BCUT2D eigenvalue weighted by atomic mass is 10.1. The fourth-order valence-electron chi connectivity index (χ4n) is 1.53. The Morgan fingerprint density at radius 3 is 2.60 bits per heavy atom. The van der Waals surface area contributed by atoms with Crippen LogP contribution in [-0.2, 0) is 6.42 Å². The lowest BCUT2D eigenvalue weighted by molar-refractivity contribution is 0.614. The molecule has 0 aliphatic rings. The zero-order chi connectivity index (χ0) is 11.0. The number of H-pyrrole nitrogens is 1. The minimum absolute atomic E-state index is 0.0562. The second kappa shape index (κ2) is 3.46. The van der Waals surface area contributed by atoms with E-state index >= 15 is 0 Å². The Kier molecular flexibility index (Phi) is 2.26. The third kappa shape index (κ3) is 1.52. The molecule has 0 saturated heterocycles. The molecular formula is C11H9F2NO. The van der Waals surface area contributed by atoms with Crippen LogP contribution in [0, 0.1) is 11.6 Å². The number of benzene rings is 1. The van der Waals surface area contributed by atoms with Crippen molar-refractivity contribution in [3.8, 4) is 0 Å². The second-order valence-corrected chi connectivity index (χ2v) is 3.29. The van der Waals surface area contributed by atoms with E-state index in [-0.39, 0.29) is 10.9 Å². The molecule has 0 unspecified atom stereocenters. The largest absolute Gasteiger partial charge is 0.356 e. The maximum absolute atomic E-state index is 13.3. The second-order valence-electron chi connectivity index (χ2n) is 3.29. The molecule has 0 aliphatic carbocycles. The molecular weight excluding hydrogens is 200 g/mol. The first-order valence-corrected chi connectivity index (χ1v) is 4.63. The van der Waals surface area contributed by atoms with Gasteiger partial charge in [-0.1, -0.05) is 6.92 Å². The van der Waals surface area contributed by atoms with Gasteiger partial charge in [-0.25, -0.2) is 8.78 Å². The van der Waals surface area contributed by atoms with E-state index in [1.165, 1.54) is 6.07 Å². The van der Waals surface area contributed by atoms with E-state index in [2.05, 4.69) is 4.98 Å². The van der Waals surface area contributed by atoms with Gasteiger partial charge < -0.3 is 4.98 Å². The topological polar surface area (TPSA) is 32.9 Å². The maximum atomic E-state index is 13.3. The van der Waals surface area contributed by atoms with Crippen molar-refractivity contribution in [2.75, 3.05) is 0 Å². The fraction of sp³-hybridized carbons (Fsp3) is 0.182. The highest BCUT2D eigenvalue weighted by Gasteiger charge is 2.10. The summed E-state index contributed by atoms with van der Waals surface area (Å²) in [6.07, 6.45) is 0.571. The Morgan fingerprint density at radius 2 is 1.93 bits per heavy atom. The predicted octanol–water partition coefficient (Wildman–Crippen LogP) is 2.37. The molecule has 1 N–H and O–H groups in total. The van der Waals surface area contributed by atoms with Gasteiger partial charge in [0.1, 0.15) is 11.6 Å². The van der Waals surface area contributed by atoms with Crippen LogP contribution in [0.25, 0.3) is 10.9 Å². The van der Waals surface area contributed by atoms with Crippen molar-refractivity contribution in [1.82, 2.24) is 4.98 Å². The monoisotopic (exact) mass is 209 g/mol. The molecule has 15 heavy (non-hydrogen) atoms. The fourth-order valence-corrected chi connectivity index (χ4v) is 1.53. The Hall–Kier alpha value is -1.71. The lowest BCUT2D eigenvalue weighted by Gasteiger charge is -2.03. The standard InChI is InChI=1S/C11H9F2NO/c1-2-6-5-9(15)10-7(12)3-4-8(13)11(10)14-6/h3-5H,2H2,1H3,(H,14,15). The molecule has 2 aromatic rings. The van der Waals surface area contributed by atoms with Crippen LogP contribution in [0.2, 0.25) is 0 Å². The molecule has 78 valence electrons. The number of aromatic nitrogens is 1. The number of halogens is 2. The van der Waals surface area contributed by atoms with Gasteiger partial charge in [0.05, 0.1) is 10.9 Å². The van der Waals surface area contributed by atoms with E-state index in [0.29, 0.717) is 12.1 Å². The molecule has 0 radical (unpaired) electrons. The summed E-state index contributed by atoms with van der Waals surface area (Å²) in [4.78, 5) is 14.2. The number of nitrogens with one attached hydrogen (secondary N) is 1. The molecule has 1 aromatic heterocycles. The first-order chi connectivity index (χ1) is 7.13. The zero-order valence-electron chi connectivity index (χ0n) is 8.10. The van der Waals surface area contributed by atoms with Gasteiger partial charge in [-0.05, 0) is 18.6 Å². The summed E-state index contributed by atoms with van der Waals surface area (Å²) in [6, 6.07) is 3.26. The molecule has 0 aliphatic heterocycles. The molecule has 0 saturated carbocycles. The first-order valence-electron chi connectivity index (χ1n) is 4.63. The van der Waals surface area contributed by atoms with Crippen molar-refractivity contribution in [3.63, 3.8) is 0 Å². The van der Waals surface area contributed by atoms with Gasteiger partial charge in [0.15, 0.2) is 5.43 Å². The molecule has 2 rings (SSSR count). The summed E-state index contributed by atoms with van der Waals surface area (Å²) in [6.45, 7) is 1.83. The summed E-state index contributed by atoms with van der Waals surface area (Å²) < 4.78 is 26.6. The summed E-state index contributed by atoms with van der Waals surface area (Å²) in [5, 5.41) is -0.216. The van der Waals surface area contributed by atoms with Crippen LogP contribution < -0.4 is 5.43 Å². The minimum Gasteiger partial charge on any atom is -0.356 e. The normalized spacial score (nSPS) is 10.9. The van der Waals surface area contributed by atoms with Crippen molar-refractivity contribution < 1.29 is 8.78 Å². The van der Waals surface area contributed by atoms with E-state index in [1.807, 2.05) is 6.92 Å². The van der Waals surface area contributed by atoms with Crippen molar-refractivity contribution in [3.05, 3.63) is 45.8 Å². The lowest BCUT2D eigenvalue weighted by Crippen LogP contribution is -2.07. The summed E-state index contributed by atoms with van der Waals surface area (Å²) in [7, 11) is 0. The summed E-state index contributed by atoms with van der Waals surface area (Å²) in [5.41, 5.74) is 0.0500. The van der Waals surface area contributed by atoms with Gasteiger partial charge in [0.25, 0.3) is 0 Å². The molecule has 0 fully saturated rings. The highest BCUT2D eigenvalue weighted by atomic mass is 19.1. The van der Waals surface area contributed by atoms with Crippen LogP contribution in [-0.4, -0.2) is 4.98 Å². The number of aromatic amines is 1. The summed E-state index contributed by atoms with van der Waals surface area (Å²) >= 11 is 0. The van der Waals surface area contributed by atoms with Crippen LogP contribution in [0.15, 0.2) is 23.0 Å². The molecule has 0 atom stereocenters. The van der Waals surface area contributed by atoms with Crippen molar-refractivity contribution in [2.45, 2.75) is 13.3 Å². The van der Waals surface area contributed by atoms with Gasteiger partial charge in [0.2, 0.25) is 0 Å². The van der Waals surface area contributed by atoms with Crippen molar-refractivity contribution >= 4 is 10.9 Å². The van der Waals surface area contributed by atoms with Crippen LogP contribution in [0.3, 0.4) is 0 Å². The number of pyridine rings is 1. The van der Waals surface area contributed by atoms with E-state index in [0.717, 1.165) is 12.1 Å². The van der Waals surface area contributed by atoms with Crippen molar-refractivity contribution in [1.29, 1.82) is 0 Å². The third-order valence-corrected chi connectivity index (χ3v) is 2.32. The van der Waals surface area contributed by atoms with Gasteiger partial charge in [-0.3, -0.25) is 4.79 Å². The van der Waals surface area contributed by atoms with Gasteiger partial charge in [0, 0.05) is 11.8 Å². The number of hydrogen-bond acceptors (Lipinski definition) is 1. The van der Waals surface area contributed by atoms with Crippen LogP contribution in [0.5, 0.6) is 0 Å². The predicted molar refractivity (Wildman–Crippen MR) is 53.9 cm³/mol. The van der Waals surface area contributed by atoms with E-state index < -0.39 is 17.1 Å². The van der Waals surface area contributed by atoms with Crippen LogP contribution >= 0.6 is 0 Å². The Morgan fingerprint density at radius 1 is 1.27 bits per heavy atom. The number of hydrogen-bond donors (Lipinski definition) is 1. The molecule has 4 heteroatoms. The van der Waals surface area contributed by atoms with Gasteiger partial charge >= 0.3 is 0 Å². The highest BCUT2D eigenvalue weighted by molar-refractivity contribution is 5.79. The molecule has 1 heterocycles. The maximum Gasteiger partial charge on any atom is 0.192 e. The molecule has 0 bridgehead atoms. The van der Waals surface area contributed by atoms with E-state index in [4.69, 9.17) is 0 Å². The van der Waals surface area contributed by atoms with Gasteiger partial charge in [-0.15, -0.1) is 0 Å². The average molecular weight is 209 g/mol. The Labute approximate surface area is 84.6 Å². The SMILES string of the molecule is CCc1cc(=O)c2c(F)ccc(F)c2[nH]1. The zero-order valence-corrected chi connectivity index (χ0v) is 8.10. The molecule has 2 nitrogen and oxygen atoms in total. The van der Waals surface area contributed by atoms with Crippen molar-refractivity contribution in [2.24, 2.45) is 0 Å². The van der Waals surface area contributed by atoms with E-state index in [1.54, 1.807) is 0 Å². The number of rotatable bonds is 1. The highest BCUT2D eigenvalue weighted by Crippen LogP contribution is 2.16. The van der Waals surface area contributed by atoms with Gasteiger partial charge in [-0.2, -0.15) is 0 Å². The third-order valence-electron chi connectivity index (χ3n) is 2.32. The Balaban J connectivity index is 2.97. The smallest absolute Gasteiger partial charge is 0.192 e. The molecule has 1 aromatic carbocycles. The summed E-state index contributed by atoms with van der Waals surface area (Å²) in [5.74, 6) is -1.31. The molecule has 0 spiro atoms. The van der Waals surface area contributed by atoms with Crippen LogP contribution in [0.1, 0.15) is 12.6 Å². The molecule has 0 amide bonds. The first kappa shape index (κ1) is 9.83. The quantitative estimate of drug-likeness (QED) is 0.768. The van der Waals surface area contributed by atoms with E-state index in [9.17, 15) is 13.6 Å². The minimum atomic E-state index is -0.699. The number of fused-ring (bicyclic) bond motifs is 1. The Bertz CT molecular complexity index is 575. The van der Waals surface area contributed by atoms with Crippen LogP contribution in [0.4, 0.5) is 8.78 Å². The average Bonchev–Trinajstić information content (AvgIpc) is 2.23.